The monoisotopic (exact) mass is 524 g/mol. The molecule has 0 radical (unpaired) electrons. The first-order chi connectivity index (χ1) is 14.3. The Labute approximate surface area is 194 Å². The van der Waals surface area contributed by atoms with E-state index in [2.05, 4.69) is 20.6 Å². The molecule has 1 aliphatic heterocycles. The Hall–Kier alpha value is -2.23. The average Bonchev–Trinajstić information content (AvgIpc) is 3.58. The van der Waals surface area contributed by atoms with Crippen LogP contribution < -0.4 is 24.8 Å². The van der Waals surface area contributed by atoms with E-state index in [1.807, 2.05) is 43.5 Å². The predicted octanol–water partition coefficient (Wildman–Crippen LogP) is 4.23. The summed E-state index contributed by atoms with van der Waals surface area (Å²) in [4.78, 5) is 9.05. The van der Waals surface area contributed by atoms with Crippen LogP contribution in [0.25, 0.3) is 0 Å². The molecule has 1 saturated carbocycles. The summed E-state index contributed by atoms with van der Waals surface area (Å²) in [5, 5.41) is 6.60. The van der Waals surface area contributed by atoms with Crippen molar-refractivity contribution in [2.24, 2.45) is 10.9 Å². The van der Waals surface area contributed by atoms with Crippen LogP contribution in [0.1, 0.15) is 31.7 Å². The maximum atomic E-state index is 5.76. The van der Waals surface area contributed by atoms with Gasteiger partial charge in [0.2, 0.25) is 5.88 Å². The molecule has 2 aliphatic rings. The number of fused-ring (bicyclic) bond motifs is 1. The van der Waals surface area contributed by atoms with Crippen LogP contribution in [-0.2, 0) is 6.54 Å². The number of nitrogens with one attached hydrogen (secondary N) is 2. The molecule has 1 aliphatic carbocycles. The number of ether oxygens (including phenoxy) is 3. The summed E-state index contributed by atoms with van der Waals surface area (Å²) < 4.78 is 17.1. The van der Waals surface area contributed by atoms with Crippen LogP contribution in [0.2, 0.25) is 0 Å². The zero-order valence-corrected chi connectivity index (χ0v) is 19.6. The molecule has 2 heterocycles. The van der Waals surface area contributed by atoms with E-state index in [1.165, 1.54) is 12.8 Å². The molecule has 8 heteroatoms. The fourth-order valence-electron chi connectivity index (χ4n) is 2.93. The molecule has 0 amide bonds. The molecule has 2 aromatic rings. The van der Waals surface area contributed by atoms with Crippen molar-refractivity contribution >= 4 is 35.6 Å². The molecular formula is C22H29IN4O3. The van der Waals surface area contributed by atoms with Crippen LogP contribution in [0.4, 0.5) is 5.69 Å². The maximum absolute atomic E-state index is 5.76. The van der Waals surface area contributed by atoms with Gasteiger partial charge in [0.1, 0.15) is 0 Å². The van der Waals surface area contributed by atoms with Gasteiger partial charge in [-0.3, -0.25) is 0 Å². The fourth-order valence-corrected chi connectivity index (χ4v) is 2.93. The second-order valence-corrected chi connectivity index (χ2v) is 7.29. The van der Waals surface area contributed by atoms with E-state index in [0.29, 0.717) is 31.6 Å². The topological polar surface area (TPSA) is 77.0 Å². The summed E-state index contributed by atoms with van der Waals surface area (Å²) in [7, 11) is 0. The molecule has 2 N–H and O–H groups in total. The third-order valence-electron chi connectivity index (χ3n) is 4.74. The number of benzene rings is 1. The quantitative estimate of drug-likeness (QED) is 0.321. The summed E-state index contributed by atoms with van der Waals surface area (Å²) in [6.45, 7) is 5.45. The molecule has 1 aromatic heterocycles. The first-order valence-electron chi connectivity index (χ1n) is 10.3. The summed E-state index contributed by atoms with van der Waals surface area (Å²) >= 11 is 0. The number of hydrogen-bond donors (Lipinski definition) is 2. The molecule has 30 heavy (non-hydrogen) atoms. The third kappa shape index (κ3) is 6.65. The summed E-state index contributed by atoms with van der Waals surface area (Å²) in [6, 6.07) is 9.76. The summed E-state index contributed by atoms with van der Waals surface area (Å²) in [5.74, 6) is 3.65. The van der Waals surface area contributed by atoms with Gasteiger partial charge in [-0.2, -0.15) is 0 Å². The lowest BCUT2D eigenvalue weighted by Gasteiger charge is -2.13. The van der Waals surface area contributed by atoms with Gasteiger partial charge in [0.05, 0.1) is 26.4 Å². The van der Waals surface area contributed by atoms with Crippen molar-refractivity contribution in [1.29, 1.82) is 0 Å². The minimum Gasteiger partial charge on any atom is -0.490 e. The number of pyridine rings is 1. The predicted molar refractivity (Wildman–Crippen MR) is 128 cm³/mol. The maximum Gasteiger partial charge on any atom is 0.213 e. The zero-order valence-electron chi connectivity index (χ0n) is 17.2. The lowest BCUT2D eigenvalue weighted by molar-refractivity contribution is 0.288. The number of hydrogen-bond acceptors (Lipinski definition) is 5. The Morgan fingerprint density at radius 1 is 1.17 bits per heavy atom. The highest BCUT2D eigenvalue weighted by Crippen LogP contribution is 2.32. The van der Waals surface area contributed by atoms with Crippen molar-refractivity contribution in [1.82, 2.24) is 10.3 Å². The second-order valence-electron chi connectivity index (χ2n) is 7.29. The van der Waals surface area contributed by atoms with Crippen LogP contribution in [0, 0.1) is 5.92 Å². The van der Waals surface area contributed by atoms with E-state index >= 15 is 0 Å². The summed E-state index contributed by atoms with van der Waals surface area (Å²) in [6.07, 6.45) is 5.26. The van der Waals surface area contributed by atoms with Crippen molar-refractivity contribution in [2.45, 2.75) is 32.7 Å². The molecule has 4 rings (SSSR count). The van der Waals surface area contributed by atoms with Crippen molar-refractivity contribution in [3.8, 4) is 17.4 Å². The van der Waals surface area contributed by atoms with Crippen LogP contribution in [0.5, 0.6) is 17.4 Å². The van der Waals surface area contributed by atoms with Crippen LogP contribution in [-0.4, -0.2) is 37.3 Å². The number of aromatic nitrogens is 1. The van der Waals surface area contributed by atoms with Crippen LogP contribution in [0.3, 0.4) is 0 Å². The lowest BCUT2D eigenvalue weighted by atomic mass is 10.2. The van der Waals surface area contributed by atoms with Crippen LogP contribution >= 0.6 is 24.0 Å². The van der Waals surface area contributed by atoms with Crippen molar-refractivity contribution in [3.05, 3.63) is 42.1 Å². The number of aliphatic imine (C=N–C) groups is 1. The highest BCUT2D eigenvalue weighted by atomic mass is 127. The molecule has 7 nitrogen and oxygen atoms in total. The van der Waals surface area contributed by atoms with Gasteiger partial charge in [0.15, 0.2) is 17.5 Å². The SMILES string of the molecule is CCNC(=NCc1ccc(OCC2CC2)nc1)Nc1ccc2c(c1)OCCCO2.I. The molecule has 0 unspecified atom stereocenters. The van der Waals surface area contributed by atoms with E-state index in [9.17, 15) is 0 Å². The van der Waals surface area contributed by atoms with E-state index in [0.717, 1.165) is 48.2 Å². The van der Waals surface area contributed by atoms with E-state index in [1.54, 1.807) is 0 Å². The molecule has 162 valence electrons. The molecule has 0 saturated heterocycles. The Bertz CT molecular complexity index is 841. The molecule has 0 spiro atoms. The fraction of sp³-hybridized carbons (Fsp3) is 0.455. The standard InChI is InChI=1S/C22H28N4O3.HI/c1-2-23-22(26-18-7-8-19-20(12-18)28-11-3-10-27-19)25-14-17-6-9-21(24-13-17)29-15-16-4-5-16;/h6-9,12-13,16H,2-5,10-11,14-15H2,1H3,(H2,23,25,26);1H. The third-order valence-corrected chi connectivity index (χ3v) is 4.74. The van der Waals surface area contributed by atoms with Gasteiger partial charge in [0, 0.05) is 37.0 Å². The van der Waals surface area contributed by atoms with E-state index in [-0.39, 0.29) is 24.0 Å². The van der Waals surface area contributed by atoms with Gasteiger partial charge >= 0.3 is 0 Å². The second kappa shape index (κ2) is 11.2. The van der Waals surface area contributed by atoms with Gasteiger partial charge in [-0.25, -0.2) is 9.98 Å². The van der Waals surface area contributed by atoms with Gasteiger partial charge in [-0.1, -0.05) is 6.07 Å². The first kappa shape index (κ1) is 22.5. The summed E-state index contributed by atoms with van der Waals surface area (Å²) in [5.41, 5.74) is 1.93. The highest BCUT2D eigenvalue weighted by Gasteiger charge is 2.22. The largest absolute Gasteiger partial charge is 0.490 e. The van der Waals surface area contributed by atoms with Gasteiger partial charge in [0.25, 0.3) is 0 Å². The molecular weight excluding hydrogens is 495 g/mol. The van der Waals surface area contributed by atoms with Crippen molar-refractivity contribution in [3.63, 3.8) is 0 Å². The minimum atomic E-state index is 0. The Morgan fingerprint density at radius 3 is 2.73 bits per heavy atom. The number of halogens is 1. The molecule has 0 atom stereocenters. The Balaban J connectivity index is 0.00000256. The number of rotatable bonds is 7. The smallest absolute Gasteiger partial charge is 0.213 e. The van der Waals surface area contributed by atoms with E-state index in [4.69, 9.17) is 14.2 Å². The normalized spacial score (nSPS) is 15.6. The van der Waals surface area contributed by atoms with Crippen LogP contribution in [0.15, 0.2) is 41.5 Å². The highest BCUT2D eigenvalue weighted by molar-refractivity contribution is 14.0. The zero-order chi connectivity index (χ0) is 19.9. The van der Waals surface area contributed by atoms with E-state index < -0.39 is 0 Å². The lowest BCUT2D eigenvalue weighted by Crippen LogP contribution is -2.30. The number of anilines is 1. The minimum absolute atomic E-state index is 0. The Kier molecular flexibility index (Phi) is 8.41. The average molecular weight is 524 g/mol. The molecule has 1 fully saturated rings. The number of nitrogens with zero attached hydrogens (tertiary/aromatic N) is 2. The first-order valence-corrected chi connectivity index (χ1v) is 10.3. The molecule has 1 aromatic carbocycles. The van der Waals surface area contributed by atoms with Gasteiger partial charge < -0.3 is 24.8 Å². The van der Waals surface area contributed by atoms with Crippen molar-refractivity contribution in [2.75, 3.05) is 31.7 Å². The van der Waals surface area contributed by atoms with Crippen molar-refractivity contribution < 1.29 is 14.2 Å². The van der Waals surface area contributed by atoms with Gasteiger partial charge in [-0.15, -0.1) is 24.0 Å². The molecule has 0 bridgehead atoms. The van der Waals surface area contributed by atoms with Gasteiger partial charge in [-0.05, 0) is 43.4 Å². The number of guanidine groups is 1. The Morgan fingerprint density at radius 2 is 2.00 bits per heavy atom.